The molecule has 0 heterocycles. The van der Waals surface area contributed by atoms with Crippen LogP contribution < -0.4 is 0 Å². The minimum Gasteiger partial charge on any atom is -0.480 e. The van der Waals surface area contributed by atoms with Crippen LogP contribution in [0.3, 0.4) is 0 Å². The molecular weight excluding hydrogens is 189 g/mol. The van der Waals surface area contributed by atoms with E-state index in [2.05, 4.69) is 0 Å². The van der Waals surface area contributed by atoms with Crippen LogP contribution >= 0.6 is 24.8 Å². The summed E-state index contributed by atoms with van der Waals surface area (Å²) in [6.07, 6.45) is 0.655. The van der Waals surface area contributed by atoms with E-state index in [1.807, 2.05) is 6.92 Å². The minimum absolute atomic E-state index is 0. The fourth-order valence-electron chi connectivity index (χ4n) is 0.761. The van der Waals surface area contributed by atoms with Gasteiger partial charge in [0, 0.05) is 0 Å². The second-order valence-corrected chi connectivity index (χ2v) is 2.23. The number of rotatable bonds is 3. The van der Waals surface area contributed by atoms with Gasteiger partial charge in [0.05, 0.1) is 0 Å². The zero-order valence-electron chi connectivity index (χ0n) is 6.90. The first-order valence-electron chi connectivity index (χ1n) is 2.98. The number of carboxylic acids is 1. The van der Waals surface area contributed by atoms with E-state index < -0.39 is 5.97 Å². The van der Waals surface area contributed by atoms with Crippen molar-refractivity contribution < 1.29 is 9.90 Å². The lowest BCUT2D eigenvalue weighted by molar-refractivity contribution is -0.142. The van der Waals surface area contributed by atoms with E-state index in [4.69, 9.17) is 5.11 Å². The van der Waals surface area contributed by atoms with Crippen molar-refractivity contribution >= 4 is 30.8 Å². The number of hydrogen-bond donors (Lipinski definition) is 1. The van der Waals surface area contributed by atoms with E-state index >= 15 is 0 Å². The van der Waals surface area contributed by atoms with Gasteiger partial charge < -0.3 is 5.11 Å². The van der Waals surface area contributed by atoms with Crippen molar-refractivity contribution in [2.45, 2.75) is 19.4 Å². The summed E-state index contributed by atoms with van der Waals surface area (Å²) in [6, 6.07) is -0.329. The van der Waals surface area contributed by atoms with Gasteiger partial charge in [-0.3, -0.25) is 9.69 Å². The van der Waals surface area contributed by atoms with Crippen LogP contribution in [0.4, 0.5) is 0 Å². The zero-order chi connectivity index (χ0) is 7.44. The lowest BCUT2D eigenvalue weighted by Gasteiger charge is -2.17. The summed E-state index contributed by atoms with van der Waals surface area (Å²) in [5, 5.41) is 8.50. The number of nitrogens with zero attached hydrogens (tertiary/aromatic N) is 1. The first-order chi connectivity index (χ1) is 4.09. The second-order valence-electron chi connectivity index (χ2n) is 2.23. The minimum atomic E-state index is -0.748. The quantitative estimate of drug-likeness (QED) is 0.752. The zero-order valence-corrected chi connectivity index (χ0v) is 8.54. The molecule has 0 aromatic rings. The predicted molar refractivity (Wildman–Crippen MR) is 49.9 cm³/mol. The van der Waals surface area contributed by atoms with Crippen molar-refractivity contribution in [1.82, 2.24) is 4.90 Å². The first kappa shape index (κ1) is 17.2. The number of halogens is 2. The van der Waals surface area contributed by atoms with Gasteiger partial charge in [-0.2, -0.15) is 0 Å². The average molecular weight is 204 g/mol. The standard InChI is InChI=1S/C6H13NO2.2ClH/c1-4-5(6(8)9)7(2)3;;/h5H,4H2,1-3H3,(H,8,9);2*1H. The van der Waals surface area contributed by atoms with Gasteiger partial charge in [0.1, 0.15) is 6.04 Å². The third kappa shape index (κ3) is 6.41. The summed E-state index contributed by atoms with van der Waals surface area (Å²) in [6.45, 7) is 1.86. The van der Waals surface area contributed by atoms with Gasteiger partial charge in [-0.25, -0.2) is 0 Å². The number of hydrogen-bond acceptors (Lipinski definition) is 2. The van der Waals surface area contributed by atoms with Gasteiger partial charge in [-0.1, -0.05) is 6.92 Å². The maximum Gasteiger partial charge on any atom is 0.320 e. The van der Waals surface area contributed by atoms with Crippen LogP contribution in [-0.2, 0) is 4.79 Å². The number of aliphatic carboxylic acids is 1. The van der Waals surface area contributed by atoms with Crippen LogP contribution in [0, 0.1) is 0 Å². The van der Waals surface area contributed by atoms with Crippen molar-refractivity contribution in [3.63, 3.8) is 0 Å². The summed E-state index contributed by atoms with van der Waals surface area (Å²) in [4.78, 5) is 12.0. The number of likely N-dealkylation sites (N-methyl/N-ethyl adjacent to an activating group) is 1. The topological polar surface area (TPSA) is 40.5 Å². The molecular formula is C6H15Cl2NO2. The van der Waals surface area contributed by atoms with E-state index in [1.165, 1.54) is 0 Å². The summed E-state index contributed by atoms with van der Waals surface area (Å²) < 4.78 is 0. The Hall–Kier alpha value is 0.01000. The largest absolute Gasteiger partial charge is 0.480 e. The molecule has 0 aromatic heterocycles. The maximum atomic E-state index is 10.3. The van der Waals surface area contributed by atoms with Crippen LogP contribution in [-0.4, -0.2) is 36.1 Å². The Balaban J connectivity index is -0.000000320. The highest BCUT2D eigenvalue weighted by Gasteiger charge is 2.15. The van der Waals surface area contributed by atoms with E-state index in [0.717, 1.165) is 0 Å². The van der Waals surface area contributed by atoms with Crippen molar-refractivity contribution in [3.8, 4) is 0 Å². The molecule has 0 saturated heterocycles. The van der Waals surface area contributed by atoms with E-state index in [9.17, 15) is 4.79 Å². The first-order valence-corrected chi connectivity index (χ1v) is 2.98. The molecule has 1 unspecified atom stereocenters. The lowest BCUT2D eigenvalue weighted by Crippen LogP contribution is -2.34. The van der Waals surface area contributed by atoms with Crippen LogP contribution in [0.2, 0.25) is 0 Å². The Morgan fingerprint density at radius 1 is 1.45 bits per heavy atom. The molecule has 0 saturated carbocycles. The van der Waals surface area contributed by atoms with Gasteiger partial charge in [0.25, 0.3) is 0 Å². The molecule has 0 aliphatic heterocycles. The van der Waals surface area contributed by atoms with E-state index in [1.54, 1.807) is 19.0 Å². The monoisotopic (exact) mass is 203 g/mol. The normalized spacial score (nSPS) is 11.3. The van der Waals surface area contributed by atoms with Crippen LogP contribution in [0.1, 0.15) is 13.3 Å². The fraction of sp³-hybridized carbons (Fsp3) is 0.833. The SMILES string of the molecule is CCC(C(=O)O)N(C)C.Cl.Cl. The molecule has 0 radical (unpaired) electrons. The van der Waals surface area contributed by atoms with E-state index in [0.29, 0.717) is 6.42 Å². The Kier molecular flexibility index (Phi) is 12.7. The average Bonchev–Trinajstić information content (AvgIpc) is 1.64. The number of carbonyl (C=O) groups is 1. The fourth-order valence-corrected chi connectivity index (χ4v) is 0.761. The summed E-state index contributed by atoms with van der Waals surface area (Å²) >= 11 is 0. The smallest absolute Gasteiger partial charge is 0.320 e. The lowest BCUT2D eigenvalue weighted by atomic mass is 10.2. The third-order valence-corrected chi connectivity index (χ3v) is 1.30. The molecule has 0 fully saturated rings. The molecule has 11 heavy (non-hydrogen) atoms. The highest BCUT2D eigenvalue weighted by molar-refractivity contribution is 5.85. The van der Waals surface area contributed by atoms with Crippen molar-refractivity contribution in [2.24, 2.45) is 0 Å². The van der Waals surface area contributed by atoms with Gasteiger partial charge in [-0.15, -0.1) is 24.8 Å². The Morgan fingerprint density at radius 3 is 1.82 bits per heavy atom. The molecule has 0 amide bonds. The molecule has 0 rings (SSSR count). The van der Waals surface area contributed by atoms with Gasteiger partial charge in [0.2, 0.25) is 0 Å². The Labute approximate surface area is 79.6 Å². The molecule has 0 spiro atoms. The van der Waals surface area contributed by atoms with Crippen molar-refractivity contribution in [1.29, 1.82) is 0 Å². The molecule has 5 heteroatoms. The van der Waals surface area contributed by atoms with Crippen LogP contribution in [0.15, 0.2) is 0 Å². The van der Waals surface area contributed by atoms with Gasteiger partial charge in [-0.05, 0) is 20.5 Å². The maximum absolute atomic E-state index is 10.3. The highest BCUT2D eigenvalue weighted by Crippen LogP contribution is 1.97. The van der Waals surface area contributed by atoms with E-state index in [-0.39, 0.29) is 30.9 Å². The summed E-state index contributed by atoms with van der Waals surface area (Å²) in [5.74, 6) is -0.748. The third-order valence-electron chi connectivity index (χ3n) is 1.30. The van der Waals surface area contributed by atoms with Crippen molar-refractivity contribution in [2.75, 3.05) is 14.1 Å². The van der Waals surface area contributed by atoms with Gasteiger partial charge in [0.15, 0.2) is 0 Å². The Bertz CT molecular complexity index is 109. The molecule has 0 aliphatic carbocycles. The van der Waals surface area contributed by atoms with Crippen LogP contribution in [0.25, 0.3) is 0 Å². The Morgan fingerprint density at radius 2 is 1.82 bits per heavy atom. The van der Waals surface area contributed by atoms with Gasteiger partial charge >= 0.3 is 5.97 Å². The predicted octanol–water partition coefficient (Wildman–Crippen LogP) is 1.25. The second kappa shape index (κ2) is 8.11. The molecule has 3 nitrogen and oxygen atoms in total. The molecule has 1 N–H and O–H groups in total. The molecule has 0 bridgehead atoms. The number of carboxylic acid groups (broad SMARTS) is 1. The van der Waals surface area contributed by atoms with Crippen molar-refractivity contribution in [3.05, 3.63) is 0 Å². The van der Waals surface area contributed by atoms with Crippen LogP contribution in [0.5, 0.6) is 0 Å². The summed E-state index contributed by atoms with van der Waals surface area (Å²) in [5.41, 5.74) is 0. The molecule has 1 atom stereocenters. The molecule has 70 valence electrons. The molecule has 0 aliphatic rings. The molecule has 0 aromatic carbocycles. The highest BCUT2D eigenvalue weighted by atomic mass is 35.5. The summed E-state index contributed by atoms with van der Waals surface area (Å²) in [7, 11) is 3.53.